The number of carboxylic acid groups (broad SMARTS) is 1. The Balaban J connectivity index is 1.85. The van der Waals surface area contributed by atoms with Crippen molar-refractivity contribution in [2.75, 3.05) is 46.1 Å². The van der Waals surface area contributed by atoms with Crippen molar-refractivity contribution in [3.63, 3.8) is 0 Å². The van der Waals surface area contributed by atoms with Gasteiger partial charge in [0.2, 0.25) is 0 Å². The normalized spacial score (nSPS) is 18.4. The third-order valence-electron chi connectivity index (χ3n) is 2.71. The number of rotatable bonds is 8. The molecule has 1 heterocycles. The van der Waals surface area contributed by atoms with Gasteiger partial charge in [-0.15, -0.1) is 0 Å². The number of hydrogen-bond acceptors (Lipinski definition) is 5. The van der Waals surface area contributed by atoms with Crippen molar-refractivity contribution in [1.82, 2.24) is 4.90 Å². The van der Waals surface area contributed by atoms with Crippen LogP contribution in [0.2, 0.25) is 0 Å². The van der Waals surface area contributed by atoms with Gasteiger partial charge in [-0.05, 0) is 12.8 Å². The Labute approximate surface area is 101 Å². The van der Waals surface area contributed by atoms with Crippen molar-refractivity contribution in [2.45, 2.75) is 18.9 Å². The SMILES string of the molecule is O=C(O)COCCOCCN1CCC(O)CC1. The summed E-state index contributed by atoms with van der Waals surface area (Å²) in [5.74, 6) is -0.961. The first-order valence-electron chi connectivity index (χ1n) is 5.96. The molecule has 0 saturated carbocycles. The molecule has 0 aromatic heterocycles. The lowest BCUT2D eigenvalue weighted by atomic mass is 10.1. The molecule has 6 nitrogen and oxygen atoms in total. The van der Waals surface area contributed by atoms with Crippen molar-refractivity contribution in [3.05, 3.63) is 0 Å². The van der Waals surface area contributed by atoms with Gasteiger partial charge in [0.05, 0.1) is 25.9 Å². The van der Waals surface area contributed by atoms with Gasteiger partial charge < -0.3 is 24.6 Å². The van der Waals surface area contributed by atoms with Gasteiger partial charge in [-0.25, -0.2) is 4.79 Å². The van der Waals surface area contributed by atoms with Crippen LogP contribution >= 0.6 is 0 Å². The van der Waals surface area contributed by atoms with E-state index in [-0.39, 0.29) is 12.7 Å². The Kier molecular flexibility index (Phi) is 7.11. The summed E-state index contributed by atoms with van der Waals surface area (Å²) in [6.45, 7) is 3.76. The molecule has 1 saturated heterocycles. The van der Waals surface area contributed by atoms with Gasteiger partial charge in [-0.1, -0.05) is 0 Å². The molecule has 0 aromatic rings. The van der Waals surface area contributed by atoms with E-state index >= 15 is 0 Å². The Morgan fingerprint density at radius 3 is 2.47 bits per heavy atom. The third kappa shape index (κ3) is 7.27. The molecule has 0 amide bonds. The van der Waals surface area contributed by atoms with Crippen LogP contribution in [0.15, 0.2) is 0 Å². The lowest BCUT2D eigenvalue weighted by molar-refractivity contribution is -0.142. The minimum absolute atomic E-state index is 0.142. The van der Waals surface area contributed by atoms with E-state index in [0.717, 1.165) is 32.5 Å². The molecule has 6 heteroatoms. The van der Waals surface area contributed by atoms with Crippen molar-refractivity contribution in [2.24, 2.45) is 0 Å². The number of carboxylic acids is 1. The second-order valence-corrected chi connectivity index (χ2v) is 4.13. The molecule has 1 aliphatic heterocycles. The predicted molar refractivity (Wildman–Crippen MR) is 61.0 cm³/mol. The van der Waals surface area contributed by atoms with Crippen molar-refractivity contribution >= 4 is 5.97 Å². The third-order valence-corrected chi connectivity index (χ3v) is 2.71. The molecule has 0 atom stereocenters. The van der Waals surface area contributed by atoms with Crippen LogP contribution in [0.5, 0.6) is 0 Å². The van der Waals surface area contributed by atoms with E-state index < -0.39 is 5.97 Å². The average Bonchev–Trinajstić information content (AvgIpc) is 2.30. The lowest BCUT2D eigenvalue weighted by Crippen LogP contribution is -2.37. The van der Waals surface area contributed by atoms with Crippen LogP contribution < -0.4 is 0 Å². The Morgan fingerprint density at radius 2 is 1.82 bits per heavy atom. The standard InChI is InChI=1S/C11H21NO5/c13-10-1-3-12(4-2-10)5-6-16-7-8-17-9-11(14)15/h10,13H,1-9H2,(H,14,15). The predicted octanol–water partition coefficient (Wildman–Crippen LogP) is -0.439. The Morgan fingerprint density at radius 1 is 1.18 bits per heavy atom. The van der Waals surface area contributed by atoms with E-state index in [1.807, 2.05) is 0 Å². The highest BCUT2D eigenvalue weighted by molar-refractivity contribution is 5.67. The Hall–Kier alpha value is -0.690. The van der Waals surface area contributed by atoms with E-state index in [0.29, 0.717) is 19.8 Å². The molecule has 100 valence electrons. The van der Waals surface area contributed by atoms with E-state index in [1.165, 1.54) is 0 Å². The highest BCUT2D eigenvalue weighted by Crippen LogP contribution is 2.08. The zero-order valence-corrected chi connectivity index (χ0v) is 10.0. The summed E-state index contributed by atoms with van der Waals surface area (Å²) in [6, 6.07) is 0. The largest absolute Gasteiger partial charge is 0.480 e. The maximum atomic E-state index is 10.1. The zero-order chi connectivity index (χ0) is 12.5. The molecule has 0 unspecified atom stereocenters. The molecule has 1 rings (SSSR count). The number of aliphatic hydroxyl groups is 1. The van der Waals surface area contributed by atoms with E-state index in [2.05, 4.69) is 4.90 Å². The topological polar surface area (TPSA) is 79.2 Å². The first kappa shape index (κ1) is 14.4. The molecule has 0 bridgehead atoms. The molecule has 0 radical (unpaired) electrons. The first-order valence-corrected chi connectivity index (χ1v) is 5.96. The van der Waals surface area contributed by atoms with Crippen LogP contribution in [0.3, 0.4) is 0 Å². The summed E-state index contributed by atoms with van der Waals surface area (Å²) in [6.07, 6.45) is 1.53. The summed E-state index contributed by atoms with van der Waals surface area (Å²) in [5, 5.41) is 17.6. The molecule has 0 aromatic carbocycles. The smallest absolute Gasteiger partial charge is 0.329 e. The molecular formula is C11H21NO5. The minimum atomic E-state index is -0.961. The molecule has 1 aliphatic rings. The van der Waals surface area contributed by atoms with Crippen LogP contribution in [-0.2, 0) is 14.3 Å². The van der Waals surface area contributed by atoms with E-state index in [9.17, 15) is 9.90 Å². The van der Waals surface area contributed by atoms with Crippen LogP contribution in [0.1, 0.15) is 12.8 Å². The van der Waals surface area contributed by atoms with Gasteiger partial charge in [0.25, 0.3) is 0 Å². The molecule has 2 N–H and O–H groups in total. The minimum Gasteiger partial charge on any atom is -0.480 e. The van der Waals surface area contributed by atoms with Gasteiger partial charge in [0, 0.05) is 19.6 Å². The summed E-state index contributed by atoms with van der Waals surface area (Å²) in [4.78, 5) is 12.4. The van der Waals surface area contributed by atoms with Crippen molar-refractivity contribution < 1.29 is 24.5 Å². The molecule has 0 aliphatic carbocycles. The van der Waals surface area contributed by atoms with E-state index in [1.54, 1.807) is 0 Å². The van der Waals surface area contributed by atoms with Crippen LogP contribution in [-0.4, -0.2) is 73.2 Å². The number of ether oxygens (including phenoxy) is 2. The van der Waals surface area contributed by atoms with E-state index in [4.69, 9.17) is 14.6 Å². The number of hydrogen-bond donors (Lipinski definition) is 2. The second-order valence-electron chi connectivity index (χ2n) is 4.13. The fourth-order valence-electron chi connectivity index (χ4n) is 1.72. The van der Waals surface area contributed by atoms with Gasteiger partial charge in [0.15, 0.2) is 0 Å². The fraction of sp³-hybridized carbons (Fsp3) is 0.909. The second kappa shape index (κ2) is 8.41. The number of carbonyl (C=O) groups is 1. The van der Waals surface area contributed by atoms with Gasteiger partial charge in [-0.2, -0.15) is 0 Å². The molecule has 1 fully saturated rings. The van der Waals surface area contributed by atoms with Crippen LogP contribution in [0, 0.1) is 0 Å². The first-order chi connectivity index (χ1) is 8.18. The van der Waals surface area contributed by atoms with Crippen LogP contribution in [0.4, 0.5) is 0 Å². The summed E-state index contributed by atoms with van der Waals surface area (Å²) in [5.41, 5.74) is 0. The lowest BCUT2D eigenvalue weighted by Gasteiger charge is -2.29. The monoisotopic (exact) mass is 247 g/mol. The Bertz CT molecular complexity index is 216. The number of piperidine rings is 1. The van der Waals surface area contributed by atoms with Crippen molar-refractivity contribution in [3.8, 4) is 0 Å². The number of nitrogens with zero attached hydrogens (tertiary/aromatic N) is 1. The molecule has 0 spiro atoms. The molecule has 17 heavy (non-hydrogen) atoms. The number of aliphatic hydroxyl groups excluding tert-OH is 1. The highest BCUT2D eigenvalue weighted by atomic mass is 16.5. The summed E-state index contributed by atoms with van der Waals surface area (Å²) in [7, 11) is 0. The summed E-state index contributed by atoms with van der Waals surface area (Å²) >= 11 is 0. The quantitative estimate of drug-likeness (QED) is 0.566. The number of aliphatic carboxylic acids is 1. The van der Waals surface area contributed by atoms with Gasteiger partial charge in [-0.3, -0.25) is 0 Å². The maximum Gasteiger partial charge on any atom is 0.329 e. The van der Waals surface area contributed by atoms with Crippen LogP contribution in [0.25, 0.3) is 0 Å². The van der Waals surface area contributed by atoms with Gasteiger partial charge >= 0.3 is 5.97 Å². The van der Waals surface area contributed by atoms with Gasteiger partial charge in [0.1, 0.15) is 6.61 Å². The van der Waals surface area contributed by atoms with Crippen molar-refractivity contribution in [1.29, 1.82) is 0 Å². The highest BCUT2D eigenvalue weighted by Gasteiger charge is 2.15. The fourth-order valence-corrected chi connectivity index (χ4v) is 1.72. The molecular weight excluding hydrogens is 226 g/mol. The zero-order valence-electron chi connectivity index (χ0n) is 10.0. The summed E-state index contributed by atoms with van der Waals surface area (Å²) < 4.78 is 10.2. The average molecular weight is 247 g/mol. The number of likely N-dealkylation sites (tertiary alicyclic amines) is 1. The maximum absolute atomic E-state index is 10.1.